The fraction of sp³-hybridized carbons (Fsp3) is 0.364. The van der Waals surface area contributed by atoms with E-state index in [4.69, 9.17) is 5.21 Å². The molecule has 0 aromatic heterocycles. The van der Waals surface area contributed by atoms with Gasteiger partial charge in [0.2, 0.25) is 0 Å². The third kappa shape index (κ3) is 4.59. The van der Waals surface area contributed by atoms with Crippen molar-refractivity contribution < 1.29 is 19.8 Å². The Hall–Kier alpha value is -1.79. The zero-order valence-corrected chi connectivity index (χ0v) is 14.7. The Balaban J connectivity index is 3.61. The molecule has 0 spiro atoms. The third-order valence-corrected chi connectivity index (χ3v) is 3.59. The summed E-state index contributed by atoms with van der Waals surface area (Å²) in [5, 5.41) is 32.0. The lowest BCUT2D eigenvalue weighted by atomic mass is 10.1. The topological polar surface area (TPSA) is 139 Å². The Kier molecular flexibility index (Phi) is 7.32. The highest BCUT2D eigenvalue weighted by Gasteiger charge is 2.30. The Morgan fingerprint density at radius 3 is 2.04 bits per heavy atom. The van der Waals surface area contributed by atoms with Gasteiger partial charge >= 0.3 is 0 Å². The second-order valence-electron chi connectivity index (χ2n) is 4.18. The van der Waals surface area contributed by atoms with Crippen molar-refractivity contribution in [2.24, 2.45) is 0 Å². The van der Waals surface area contributed by atoms with Gasteiger partial charge in [-0.15, -0.1) is 0 Å². The largest absolute Gasteiger partial charge is 0.364 e. The van der Waals surface area contributed by atoms with E-state index in [0.717, 1.165) is 12.1 Å². The van der Waals surface area contributed by atoms with Crippen LogP contribution >= 0.6 is 31.9 Å². The SMILES string of the molecule is O=C(NO)c1cc(N(CCBr)CCBr)c([N+](=O)[O-])cc1[N+](=O)[O-]. The average Bonchev–Trinajstić information content (AvgIpc) is 2.52. The van der Waals surface area contributed by atoms with Crippen molar-refractivity contribution in [3.63, 3.8) is 0 Å². The zero-order chi connectivity index (χ0) is 17.6. The van der Waals surface area contributed by atoms with Gasteiger partial charge in [0.1, 0.15) is 11.3 Å². The minimum Gasteiger partial charge on any atom is -0.364 e. The first-order chi connectivity index (χ1) is 10.9. The van der Waals surface area contributed by atoms with Crippen molar-refractivity contribution in [2.75, 3.05) is 28.6 Å². The van der Waals surface area contributed by atoms with Gasteiger partial charge in [-0.3, -0.25) is 30.2 Å². The minimum absolute atomic E-state index is 0.0538. The van der Waals surface area contributed by atoms with Crippen molar-refractivity contribution in [3.05, 3.63) is 37.9 Å². The smallest absolute Gasteiger partial charge is 0.299 e. The number of rotatable bonds is 8. The Labute approximate surface area is 147 Å². The summed E-state index contributed by atoms with van der Waals surface area (Å²) in [5.74, 6) is -1.12. The van der Waals surface area contributed by atoms with Crippen LogP contribution in [-0.2, 0) is 0 Å². The van der Waals surface area contributed by atoms with Crippen LogP contribution in [0.25, 0.3) is 0 Å². The van der Waals surface area contributed by atoms with Gasteiger partial charge in [-0.2, -0.15) is 0 Å². The lowest BCUT2D eigenvalue weighted by molar-refractivity contribution is -0.393. The summed E-state index contributed by atoms with van der Waals surface area (Å²) >= 11 is 6.45. The van der Waals surface area contributed by atoms with Gasteiger partial charge in [0.05, 0.1) is 15.9 Å². The molecule has 0 heterocycles. The quantitative estimate of drug-likeness (QED) is 0.265. The fourth-order valence-electron chi connectivity index (χ4n) is 1.92. The number of hydroxylamine groups is 1. The molecule has 1 amide bonds. The minimum atomic E-state index is -1.12. The average molecular weight is 456 g/mol. The van der Waals surface area contributed by atoms with Crippen LogP contribution in [-0.4, -0.2) is 44.7 Å². The van der Waals surface area contributed by atoms with Crippen LogP contribution < -0.4 is 10.4 Å². The number of carbonyl (C=O) groups excluding carboxylic acids is 1. The second-order valence-corrected chi connectivity index (χ2v) is 5.76. The summed E-state index contributed by atoms with van der Waals surface area (Å²) < 4.78 is 0. The predicted octanol–water partition coefficient (Wildman–Crippen LogP) is 2.22. The van der Waals surface area contributed by atoms with E-state index in [9.17, 15) is 25.0 Å². The Morgan fingerprint density at radius 2 is 1.65 bits per heavy atom. The molecule has 23 heavy (non-hydrogen) atoms. The van der Waals surface area contributed by atoms with Crippen molar-refractivity contribution in [1.82, 2.24) is 5.48 Å². The van der Waals surface area contributed by atoms with E-state index in [1.807, 2.05) is 0 Å². The van der Waals surface area contributed by atoms with Crippen molar-refractivity contribution in [3.8, 4) is 0 Å². The predicted molar refractivity (Wildman–Crippen MR) is 88.8 cm³/mol. The van der Waals surface area contributed by atoms with Crippen LogP contribution in [0, 0.1) is 20.2 Å². The maximum atomic E-state index is 11.6. The van der Waals surface area contributed by atoms with E-state index in [1.54, 1.807) is 4.90 Å². The summed E-state index contributed by atoms with van der Waals surface area (Å²) in [5.41, 5.74) is -0.359. The van der Waals surface area contributed by atoms with Crippen molar-refractivity contribution >= 4 is 54.8 Å². The Bertz CT molecular complexity index is 621. The number of anilines is 1. The van der Waals surface area contributed by atoms with E-state index < -0.39 is 32.7 Å². The van der Waals surface area contributed by atoms with E-state index in [1.165, 1.54) is 5.48 Å². The second kappa shape index (κ2) is 8.74. The molecule has 10 nitrogen and oxygen atoms in total. The number of carbonyl (C=O) groups is 1. The number of hydrogen-bond acceptors (Lipinski definition) is 7. The normalized spacial score (nSPS) is 10.2. The van der Waals surface area contributed by atoms with Gasteiger partial charge in [-0.05, 0) is 6.07 Å². The molecule has 0 aliphatic heterocycles. The van der Waals surface area contributed by atoms with E-state index in [-0.39, 0.29) is 5.69 Å². The van der Waals surface area contributed by atoms with Crippen LogP contribution in [0.4, 0.5) is 17.1 Å². The van der Waals surface area contributed by atoms with Crippen LogP contribution in [0.1, 0.15) is 10.4 Å². The number of halogens is 2. The van der Waals surface area contributed by atoms with E-state index in [2.05, 4.69) is 31.9 Å². The first kappa shape index (κ1) is 19.3. The molecular formula is C11H12Br2N4O6. The summed E-state index contributed by atoms with van der Waals surface area (Å²) in [4.78, 5) is 33.9. The molecule has 0 radical (unpaired) electrons. The van der Waals surface area contributed by atoms with Crippen molar-refractivity contribution in [2.45, 2.75) is 0 Å². The maximum Gasteiger partial charge on any atom is 0.299 e. The molecule has 2 N–H and O–H groups in total. The molecule has 0 aliphatic carbocycles. The molecule has 0 bridgehead atoms. The first-order valence-corrected chi connectivity index (χ1v) is 8.39. The molecule has 1 rings (SSSR count). The van der Waals surface area contributed by atoms with Gasteiger partial charge in [-0.25, -0.2) is 5.48 Å². The molecule has 0 aliphatic rings. The third-order valence-electron chi connectivity index (χ3n) is 2.88. The van der Waals surface area contributed by atoms with Gasteiger partial charge in [0, 0.05) is 23.7 Å². The molecule has 0 atom stereocenters. The molecule has 1 aromatic rings. The van der Waals surface area contributed by atoms with Gasteiger partial charge in [0.25, 0.3) is 17.3 Å². The monoisotopic (exact) mass is 454 g/mol. The first-order valence-electron chi connectivity index (χ1n) is 6.15. The zero-order valence-electron chi connectivity index (χ0n) is 11.6. The van der Waals surface area contributed by atoms with Crippen LogP contribution in [0.2, 0.25) is 0 Å². The summed E-state index contributed by atoms with van der Waals surface area (Å²) in [6.45, 7) is 0.759. The molecule has 1 aromatic carbocycles. The van der Waals surface area contributed by atoms with Gasteiger partial charge < -0.3 is 4.90 Å². The lowest BCUT2D eigenvalue weighted by Gasteiger charge is -2.23. The molecule has 0 unspecified atom stereocenters. The maximum absolute atomic E-state index is 11.6. The van der Waals surface area contributed by atoms with Crippen LogP contribution in [0.15, 0.2) is 12.1 Å². The number of nitrogens with one attached hydrogen (secondary N) is 1. The van der Waals surface area contributed by atoms with Gasteiger partial charge in [-0.1, -0.05) is 31.9 Å². The molecule has 0 fully saturated rings. The number of nitro benzene ring substituents is 2. The summed E-state index contributed by atoms with van der Waals surface area (Å²) in [6.07, 6.45) is 0. The molecule has 126 valence electrons. The molecule has 12 heteroatoms. The number of hydrogen-bond donors (Lipinski definition) is 2. The molecule has 0 saturated carbocycles. The highest BCUT2D eigenvalue weighted by atomic mass is 79.9. The fourth-order valence-corrected chi connectivity index (χ4v) is 2.77. The highest BCUT2D eigenvalue weighted by Crippen LogP contribution is 2.35. The van der Waals surface area contributed by atoms with Crippen LogP contribution in [0.5, 0.6) is 0 Å². The number of amides is 1. The standard InChI is InChI=1S/C11H12Br2N4O6/c12-1-3-15(4-2-13)9-5-7(11(18)14-19)8(16(20)21)6-10(9)17(22)23/h5-6,19H,1-4H2,(H,14,18). The lowest BCUT2D eigenvalue weighted by Crippen LogP contribution is -2.29. The number of benzene rings is 1. The number of alkyl halides is 2. The van der Waals surface area contributed by atoms with Crippen molar-refractivity contribution in [1.29, 1.82) is 0 Å². The number of nitro groups is 2. The highest BCUT2D eigenvalue weighted by molar-refractivity contribution is 9.09. The van der Waals surface area contributed by atoms with Gasteiger partial charge in [0.15, 0.2) is 0 Å². The van der Waals surface area contributed by atoms with E-state index in [0.29, 0.717) is 23.7 Å². The molecular weight excluding hydrogens is 444 g/mol. The molecule has 0 saturated heterocycles. The summed E-state index contributed by atoms with van der Waals surface area (Å²) in [6, 6.07) is 1.75. The Morgan fingerprint density at radius 1 is 1.13 bits per heavy atom. The number of nitrogens with zero attached hydrogens (tertiary/aromatic N) is 3. The van der Waals surface area contributed by atoms with Crippen LogP contribution in [0.3, 0.4) is 0 Å². The van der Waals surface area contributed by atoms with E-state index >= 15 is 0 Å². The summed E-state index contributed by atoms with van der Waals surface area (Å²) in [7, 11) is 0.